The van der Waals surface area contributed by atoms with Gasteiger partial charge in [-0.15, -0.1) is 0 Å². The Labute approximate surface area is 76.4 Å². The van der Waals surface area contributed by atoms with Crippen LogP contribution in [-0.4, -0.2) is 19.1 Å². The Balaban J connectivity index is 0. The van der Waals surface area contributed by atoms with E-state index in [0.717, 1.165) is 6.42 Å². The van der Waals surface area contributed by atoms with Gasteiger partial charge >= 0.3 is 0 Å². The summed E-state index contributed by atoms with van der Waals surface area (Å²) >= 11 is 0. The smallest absolute Gasteiger partial charge is 0.188 e. The van der Waals surface area contributed by atoms with Gasteiger partial charge in [0, 0.05) is 0 Å². The van der Waals surface area contributed by atoms with Gasteiger partial charge in [-0.3, -0.25) is 0 Å². The van der Waals surface area contributed by atoms with Crippen molar-refractivity contribution >= 4 is 14.3 Å². The molecule has 0 aromatic carbocycles. The molecular formula is C9H20O2Si. The standard InChI is InChI=1S/C7H18OSi.C2H2O/c1-6-7(2,3)9(4,5)8;1-2-3/h8H,6H2,1-5H3;1H2. The summed E-state index contributed by atoms with van der Waals surface area (Å²) in [4.78, 5) is 18.3. The molecule has 0 fully saturated rings. The van der Waals surface area contributed by atoms with E-state index in [9.17, 15) is 4.80 Å². The number of hydrogen-bond donors (Lipinski definition) is 1. The van der Waals surface area contributed by atoms with Crippen molar-refractivity contribution in [3.63, 3.8) is 0 Å². The molecule has 0 aliphatic heterocycles. The first-order chi connectivity index (χ1) is 5.22. The molecule has 72 valence electrons. The fourth-order valence-corrected chi connectivity index (χ4v) is 1.30. The van der Waals surface area contributed by atoms with Crippen molar-refractivity contribution < 1.29 is 9.59 Å². The molecule has 0 spiro atoms. The van der Waals surface area contributed by atoms with E-state index in [1.165, 1.54) is 5.94 Å². The van der Waals surface area contributed by atoms with Gasteiger partial charge in [-0.1, -0.05) is 27.2 Å². The minimum absolute atomic E-state index is 0.174. The lowest BCUT2D eigenvalue weighted by Gasteiger charge is -2.33. The SMILES string of the molecule is C=C=O.CCC(C)(C)[Si](C)(C)O. The second-order valence-electron chi connectivity index (χ2n) is 3.94. The van der Waals surface area contributed by atoms with Gasteiger partial charge in [0.2, 0.25) is 0 Å². The average Bonchev–Trinajstić information content (AvgIpc) is 1.87. The maximum Gasteiger partial charge on any atom is 0.188 e. The summed E-state index contributed by atoms with van der Waals surface area (Å²) in [6.07, 6.45) is 1.07. The molecule has 0 rings (SSSR count). The Morgan fingerprint density at radius 2 is 1.75 bits per heavy atom. The van der Waals surface area contributed by atoms with Crippen LogP contribution in [0.2, 0.25) is 18.1 Å². The van der Waals surface area contributed by atoms with Crippen LogP contribution in [0.25, 0.3) is 0 Å². The third kappa shape index (κ3) is 5.30. The zero-order valence-corrected chi connectivity index (χ0v) is 9.77. The number of carbonyl (C=O) groups excluding carboxylic acids is 1. The zero-order chi connectivity index (χ0) is 10.4. The highest BCUT2D eigenvalue weighted by atomic mass is 28.4. The first kappa shape index (κ1) is 14.2. The first-order valence-electron chi connectivity index (χ1n) is 4.09. The van der Waals surface area contributed by atoms with Crippen LogP contribution in [0.3, 0.4) is 0 Å². The normalized spacial score (nSPS) is 11.2. The van der Waals surface area contributed by atoms with Crippen LogP contribution in [0.5, 0.6) is 0 Å². The maximum atomic E-state index is 9.68. The van der Waals surface area contributed by atoms with Gasteiger partial charge < -0.3 is 4.80 Å². The second-order valence-corrected chi connectivity index (χ2v) is 8.41. The molecule has 2 nitrogen and oxygen atoms in total. The summed E-state index contributed by atoms with van der Waals surface area (Å²) in [5.74, 6) is 1.25. The van der Waals surface area contributed by atoms with Crippen LogP contribution in [0.4, 0.5) is 0 Å². The lowest BCUT2D eigenvalue weighted by molar-refractivity contribution is 0.462. The minimum Gasteiger partial charge on any atom is -0.432 e. The van der Waals surface area contributed by atoms with E-state index in [-0.39, 0.29) is 5.04 Å². The number of rotatable bonds is 2. The van der Waals surface area contributed by atoms with Gasteiger partial charge in [0.1, 0.15) is 5.94 Å². The Kier molecular flexibility index (Phi) is 6.26. The van der Waals surface area contributed by atoms with Gasteiger partial charge in [0.15, 0.2) is 8.32 Å². The third-order valence-electron chi connectivity index (χ3n) is 2.54. The Morgan fingerprint density at radius 1 is 1.50 bits per heavy atom. The van der Waals surface area contributed by atoms with Crippen LogP contribution in [0.15, 0.2) is 6.58 Å². The quantitative estimate of drug-likeness (QED) is 0.533. The molecule has 0 aromatic heterocycles. The topological polar surface area (TPSA) is 37.3 Å². The van der Waals surface area contributed by atoms with E-state index in [0.29, 0.717) is 0 Å². The second kappa shape index (κ2) is 5.30. The molecule has 0 amide bonds. The predicted molar refractivity (Wildman–Crippen MR) is 55.4 cm³/mol. The average molecular weight is 188 g/mol. The zero-order valence-electron chi connectivity index (χ0n) is 8.77. The monoisotopic (exact) mass is 188 g/mol. The molecule has 0 heterocycles. The minimum atomic E-state index is -1.88. The van der Waals surface area contributed by atoms with Crippen LogP contribution in [-0.2, 0) is 4.79 Å². The van der Waals surface area contributed by atoms with Crippen molar-refractivity contribution in [1.29, 1.82) is 0 Å². The van der Waals surface area contributed by atoms with Crippen LogP contribution < -0.4 is 0 Å². The summed E-state index contributed by atoms with van der Waals surface area (Å²) < 4.78 is 0. The lowest BCUT2D eigenvalue weighted by Crippen LogP contribution is -2.38. The van der Waals surface area contributed by atoms with E-state index in [1.54, 1.807) is 0 Å². The van der Waals surface area contributed by atoms with E-state index in [2.05, 4.69) is 27.4 Å². The maximum absolute atomic E-state index is 9.68. The fourth-order valence-electron chi connectivity index (χ4n) is 0.433. The summed E-state index contributed by atoms with van der Waals surface area (Å²) in [6, 6.07) is 0. The highest BCUT2D eigenvalue weighted by Gasteiger charge is 2.35. The summed E-state index contributed by atoms with van der Waals surface area (Å²) in [6.45, 7) is 13.1. The van der Waals surface area contributed by atoms with Crippen molar-refractivity contribution in [3.8, 4) is 0 Å². The Morgan fingerprint density at radius 3 is 1.75 bits per heavy atom. The Bertz CT molecular complexity index is 150. The molecule has 3 heteroatoms. The molecule has 0 aromatic rings. The van der Waals surface area contributed by atoms with Crippen LogP contribution in [0, 0.1) is 0 Å². The molecular weight excluding hydrogens is 168 g/mol. The van der Waals surface area contributed by atoms with Gasteiger partial charge in [0.25, 0.3) is 0 Å². The molecule has 12 heavy (non-hydrogen) atoms. The largest absolute Gasteiger partial charge is 0.432 e. The molecule has 0 radical (unpaired) electrons. The highest BCUT2D eigenvalue weighted by Crippen LogP contribution is 2.37. The molecule has 0 saturated carbocycles. The summed E-state index contributed by atoms with van der Waals surface area (Å²) in [5, 5.41) is 0.174. The van der Waals surface area contributed by atoms with Crippen molar-refractivity contribution in [3.05, 3.63) is 6.58 Å². The van der Waals surface area contributed by atoms with Gasteiger partial charge in [-0.2, -0.15) is 0 Å². The van der Waals surface area contributed by atoms with Gasteiger partial charge in [0.05, 0.1) is 0 Å². The third-order valence-corrected chi connectivity index (χ3v) is 6.21. The molecule has 0 aliphatic carbocycles. The molecule has 0 saturated heterocycles. The summed E-state index contributed by atoms with van der Waals surface area (Å²) in [5.41, 5.74) is 0. The van der Waals surface area contributed by atoms with E-state index >= 15 is 0 Å². The fraction of sp³-hybridized carbons (Fsp3) is 0.778. The number of hydrogen-bond acceptors (Lipinski definition) is 2. The first-order valence-corrected chi connectivity index (χ1v) is 7.04. The molecule has 0 unspecified atom stereocenters. The summed E-state index contributed by atoms with van der Waals surface area (Å²) in [7, 11) is -1.88. The van der Waals surface area contributed by atoms with E-state index in [1.807, 2.05) is 13.1 Å². The van der Waals surface area contributed by atoms with Crippen LogP contribution in [0.1, 0.15) is 27.2 Å². The van der Waals surface area contributed by atoms with E-state index < -0.39 is 8.32 Å². The molecule has 0 atom stereocenters. The van der Waals surface area contributed by atoms with Crippen molar-refractivity contribution in [2.24, 2.45) is 0 Å². The predicted octanol–water partition coefficient (Wildman–Crippen LogP) is 2.38. The van der Waals surface area contributed by atoms with Gasteiger partial charge in [-0.05, 0) is 24.7 Å². The van der Waals surface area contributed by atoms with Crippen molar-refractivity contribution in [2.75, 3.05) is 0 Å². The lowest BCUT2D eigenvalue weighted by atomic mass is 10.1. The van der Waals surface area contributed by atoms with Crippen molar-refractivity contribution in [1.82, 2.24) is 0 Å². The van der Waals surface area contributed by atoms with E-state index in [4.69, 9.17) is 4.79 Å². The highest BCUT2D eigenvalue weighted by molar-refractivity contribution is 6.72. The Hall–Kier alpha value is -0.373. The van der Waals surface area contributed by atoms with Crippen LogP contribution >= 0.6 is 0 Å². The molecule has 1 N–H and O–H groups in total. The molecule has 0 bridgehead atoms. The van der Waals surface area contributed by atoms with Crippen molar-refractivity contribution in [2.45, 2.75) is 45.3 Å². The molecule has 0 aliphatic rings. The van der Waals surface area contributed by atoms with Gasteiger partial charge in [-0.25, -0.2) is 4.79 Å².